The van der Waals surface area contributed by atoms with Crippen molar-refractivity contribution in [1.29, 1.82) is 0 Å². The minimum absolute atomic E-state index is 0.0418. The first-order valence-electron chi connectivity index (χ1n) is 24.2. The van der Waals surface area contributed by atoms with Crippen molar-refractivity contribution in [3.8, 4) is 0 Å². The van der Waals surface area contributed by atoms with Gasteiger partial charge in [-0.1, -0.05) is 200 Å². The van der Waals surface area contributed by atoms with Gasteiger partial charge < -0.3 is 28.5 Å². The summed E-state index contributed by atoms with van der Waals surface area (Å²) < 4.78 is 27.2. The Kier molecular flexibility index (Phi) is 19.6. The van der Waals surface area contributed by atoms with E-state index in [9.17, 15) is 10.2 Å². The molecule has 0 radical (unpaired) electrons. The van der Waals surface area contributed by atoms with Crippen LogP contribution in [-0.2, 0) is 18.3 Å². The highest BCUT2D eigenvalue weighted by atomic mass is 28.4. The van der Waals surface area contributed by atoms with Gasteiger partial charge in [0.1, 0.15) is 0 Å². The maximum Gasteiger partial charge on any atom is 0.261 e. The van der Waals surface area contributed by atoms with E-state index in [-0.39, 0.29) is 29.7 Å². The first-order valence-corrected chi connectivity index (χ1v) is 28.0. The second-order valence-corrected chi connectivity index (χ2v) is 28.6. The number of ether oxygens (including phenoxy) is 2. The van der Waals surface area contributed by atoms with Crippen molar-refractivity contribution < 1.29 is 28.5 Å². The van der Waals surface area contributed by atoms with E-state index in [0.717, 1.165) is 68.2 Å². The van der Waals surface area contributed by atoms with Crippen molar-refractivity contribution in [2.75, 3.05) is 33.0 Å². The van der Waals surface area contributed by atoms with E-state index in [1.165, 1.54) is 23.2 Å². The zero-order valence-electron chi connectivity index (χ0n) is 40.1. The van der Waals surface area contributed by atoms with E-state index in [0.29, 0.717) is 19.8 Å². The Balaban J connectivity index is 1.38. The van der Waals surface area contributed by atoms with Crippen molar-refractivity contribution in [2.24, 2.45) is 5.92 Å². The van der Waals surface area contributed by atoms with E-state index in [2.05, 4.69) is 163 Å². The minimum atomic E-state index is -3.03. The average molecular weight is 905 g/mol. The fourth-order valence-electron chi connectivity index (χ4n) is 9.95. The predicted octanol–water partition coefficient (Wildman–Crippen LogP) is 10.6. The molecule has 0 unspecified atom stereocenters. The van der Waals surface area contributed by atoms with E-state index in [1.807, 2.05) is 24.3 Å². The molecule has 0 bridgehead atoms. The number of unbranched alkanes of at least 4 members (excludes halogenated alkanes) is 7. The SMILES string of the molecule is C=CCCCCCC1(CCCCCC/C=C/[C@H](CO)[C@@](O)(CCO[Si](c2ccccc2)(c2ccccc2)C(C)(C)C)CO[Si](c2ccccc2)(c2ccccc2)C(C)(C)C)OCCO1. The highest BCUT2D eigenvalue weighted by Crippen LogP contribution is 2.40. The van der Waals surface area contributed by atoms with Crippen LogP contribution in [0.5, 0.6) is 0 Å². The van der Waals surface area contributed by atoms with Crippen molar-refractivity contribution in [1.82, 2.24) is 0 Å². The number of hydrogen-bond acceptors (Lipinski definition) is 6. The van der Waals surface area contributed by atoms with Gasteiger partial charge in [0, 0.05) is 31.8 Å². The Morgan fingerprint density at radius 3 is 1.44 bits per heavy atom. The molecule has 0 saturated carbocycles. The molecule has 4 aromatic rings. The number of hydrogen-bond donors (Lipinski definition) is 2. The summed E-state index contributed by atoms with van der Waals surface area (Å²) in [5, 5.41) is 28.6. The molecule has 8 heteroatoms. The van der Waals surface area contributed by atoms with Crippen molar-refractivity contribution in [3.63, 3.8) is 0 Å². The van der Waals surface area contributed by atoms with Gasteiger partial charge in [0.25, 0.3) is 16.6 Å². The number of rotatable bonds is 27. The zero-order chi connectivity index (χ0) is 46.0. The van der Waals surface area contributed by atoms with E-state index < -0.39 is 33.9 Å². The predicted molar refractivity (Wildman–Crippen MR) is 272 cm³/mol. The molecule has 0 spiro atoms. The van der Waals surface area contributed by atoms with Crippen LogP contribution in [0.1, 0.15) is 119 Å². The Morgan fingerprint density at radius 2 is 1.02 bits per heavy atom. The van der Waals surface area contributed by atoms with E-state index in [1.54, 1.807) is 0 Å². The molecular formula is C56H80O6Si2. The number of aliphatic hydroxyl groups excluding tert-OH is 1. The monoisotopic (exact) mass is 905 g/mol. The third-order valence-corrected chi connectivity index (χ3v) is 23.5. The highest BCUT2D eigenvalue weighted by molar-refractivity contribution is 7.00. The van der Waals surface area contributed by atoms with Crippen LogP contribution >= 0.6 is 0 Å². The average Bonchev–Trinajstić information content (AvgIpc) is 3.76. The summed E-state index contributed by atoms with van der Waals surface area (Å²) in [6, 6.07) is 42.4. The van der Waals surface area contributed by atoms with E-state index >= 15 is 0 Å². The standard InChI is InChI=1S/C56H80O6Si2/c1-8-9-10-14-29-40-56(59-44-45-60-56)41-30-15-12-11-13-20-31-48(46-57)55(58,47-62-64(54(5,6)7,51-36-25-18-26-37-51)52-38-27-19-28-39-52)42-43-61-63(53(2,3)4,49-32-21-16-22-33-49)50-34-23-17-24-35-50/h8,16-28,31-39,48,57-58H,1,9-15,29-30,40-47H2,2-7H3/b31-20+/t48-,55-/m1/s1. The Hall–Kier alpha value is -3.45. The van der Waals surface area contributed by atoms with Gasteiger partial charge in [-0.25, -0.2) is 0 Å². The summed E-state index contributed by atoms with van der Waals surface area (Å²) >= 11 is 0. The lowest BCUT2D eigenvalue weighted by Gasteiger charge is -2.46. The van der Waals surface area contributed by atoms with Gasteiger partial charge in [-0.15, -0.1) is 6.58 Å². The lowest BCUT2D eigenvalue weighted by molar-refractivity contribution is -0.168. The third-order valence-electron chi connectivity index (χ3n) is 13.4. The van der Waals surface area contributed by atoms with Crippen LogP contribution in [0, 0.1) is 5.92 Å². The molecule has 0 aliphatic carbocycles. The first-order chi connectivity index (χ1) is 30.8. The van der Waals surface area contributed by atoms with Crippen LogP contribution in [-0.4, -0.2) is 71.3 Å². The maximum atomic E-state index is 13.2. The quantitative estimate of drug-likeness (QED) is 0.0353. The molecule has 1 aliphatic rings. The molecule has 1 heterocycles. The molecule has 1 saturated heterocycles. The van der Waals surface area contributed by atoms with Gasteiger partial charge in [0.2, 0.25) is 0 Å². The second kappa shape index (κ2) is 24.4. The normalized spacial score (nSPS) is 16.2. The summed E-state index contributed by atoms with van der Waals surface area (Å²) in [6.45, 7) is 18.9. The summed E-state index contributed by atoms with van der Waals surface area (Å²) in [5.41, 5.74) is -1.44. The maximum absolute atomic E-state index is 13.2. The summed E-state index contributed by atoms with van der Waals surface area (Å²) in [4.78, 5) is 0. The number of aliphatic hydroxyl groups is 2. The molecule has 1 aliphatic heterocycles. The van der Waals surface area contributed by atoms with Crippen LogP contribution in [0.3, 0.4) is 0 Å². The number of benzene rings is 4. The summed E-state index contributed by atoms with van der Waals surface area (Å²) in [7, 11) is -5.94. The molecule has 2 atom stereocenters. The molecule has 6 nitrogen and oxygen atoms in total. The topological polar surface area (TPSA) is 77.4 Å². The Labute approximate surface area is 389 Å². The smallest absolute Gasteiger partial charge is 0.261 e. The number of allylic oxidation sites excluding steroid dienone is 2. The fourth-order valence-corrected chi connectivity index (χ4v) is 19.1. The van der Waals surface area contributed by atoms with Crippen LogP contribution in [0.4, 0.5) is 0 Å². The molecular weight excluding hydrogens is 825 g/mol. The van der Waals surface area contributed by atoms with Crippen molar-refractivity contribution in [3.05, 3.63) is 146 Å². The molecule has 348 valence electrons. The molecule has 0 aromatic heterocycles. The fraction of sp³-hybridized carbons (Fsp3) is 0.500. The third kappa shape index (κ3) is 12.9. The van der Waals surface area contributed by atoms with Gasteiger partial charge in [0.15, 0.2) is 5.79 Å². The van der Waals surface area contributed by atoms with Gasteiger partial charge in [-0.05, 0) is 69.3 Å². The second-order valence-electron chi connectivity index (χ2n) is 20.0. The molecule has 64 heavy (non-hydrogen) atoms. The van der Waals surface area contributed by atoms with Gasteiger partial charge >= 0.3 is 0 Å². The Bertz CT molecular complexity index is 1860. The lowest BCUT2D eigenvalue weighted by atomic mass is 9.85. The zero-order valence-corrected chi connectivity index (χ0v) is 42.1. The molecule has 4 aromatic carbocycles. The van der Waals surface area contributed by atoms with E-state index in [4.69, 9.17) is 18.3 Å². The van der Waals surface area contributed by atoms with Gasteiger partial charge in [-0.2, -0.15) is 0 Å². The molecule has 5 rings (SSSR count). The Morgan fingerprint density at radius 1 is 0.609 bits per heavy atom. The highest BCUT2D eigenvalue weighted by Gasteiger charge is 2.53. The first kappa shape index (κ1) is 51.5. The minimum Gasteiger partial charge on any atom is -0.407 e. The molecule has 2 N–H and O–H groups in total. The summed E-state index contributed by atoms with van der Waals surface area (Å²) in [5.74, 6) is -0.985. The molecule has 1 fully saturated rings. The van der Waals surface area contributed by atoms with Gasteiger partial charge in [-0.3, -0.25) is 0 Å². The van der Waals surface area contributed by atoms with Crippen LogP contribution in [0.2, 0.25) is 10.1 Å². The van der Waals surface area contributed by atoms with Crippen LogP contribution in [0.15, 0.2) is 146 Å². The lowest BCUT2D eigenvalue weighted by Crippen LogP contribution is -2.68. The van der Waals surface area contributed by atoms with Gasteiger partial charge in [0.05, 0.1) is 32.0 Å². The van der Waals surface area contributed by atoms with Crippen LogP contribution < -0.4 is 20.7 Å². The van der Waals surface area contributed by atoms with Crippen molar-refractivity contribution in [2.45, 2.75) is 140 Å². The summed E-state index contributed by atoms with van der Waals surface area (Å²) in [6.07, 6.45) is 18.1. The largest absolute Gasteiger partial charge is 0.407 e. The van der Waals surface area contributed by atoms with Crippen molar-refractivity contribution >= 4 is 37.4 Å². The molecule has 0 amide bonds. The van der Waals surface area contributed by atoms with Crippen LogP contribution in [0.25, 0.3) is 0 Å².